The first kappa shape index (κ1) is 31.2. The first-order chi connectivity index (χ1) is 26.5. The van der Waals surface area contributed by atoms with E-state index in [1.54, 1.807) is 6.07 Å². The lowest BCUT2D eigenvalue weighted by Crippen LogP contribution is -2.14. The fraction of sp³-hybridized carbons (Fsp3) is 0.0638. The highest BCUT2D eigenvalue weighted by molar-refractivity contribution is 6.30. The van der Waals surface area contributed by atoms with Gasteiger partial charge >= 0.3 is 0 Å². The Morgan fingerprint density at radius 3 is 1.67 bits per heavy atom. The van der Waals surface area contributed by atoms with Crippen molar-refractivity contribution in [3.63, 3.8) is 0 Å². The average Bonchev–Trinajstić information content (AvgIpc) is 3.67. The Labute approximate surface area is 311 Å². The maximum absolute atomic E-state index is 11.3. The van der Waals surface area contributed by atoms with Gasteiger partial charge in [0.25, 0.3) is 0 Å². The van der Waals surface area contributed by atoms with Crippen LogP contribution in [0.5, 0.6) is 40.2 Å². The van der Waals surface area contributed by atoms with Gasteiger partial charge in [-0.2, -0.15) is 0 Å². The van der Waals surface area contributed by atoms with Crippen molar-refractivity contribution in [1.82, 2.24) is 0 Å². The van der Waals surface area contributed by atoms with Crippen LogP contribution in [0, 0.1) is 0 Å². The number of hydrogen-bond donors (Lipinski definition) is 7. The summed E-state index contributed by atoms with van der Waals surface area (Å²) in [6, 6.07) is 34.8. The molecule has 11 rings (SSSR count). The van der Waals surface area contributed by atoms with Gasteiger partial charge in [-0.3, -0.25) is 0 Å². The van der Waals surface area contributed by atoms with Gasteiger partial charge in [-0.25, -0.2) is 0 Å². The van der Waals surface area contributed by atoms with Crippen LogP contribution in [0.1, 0.15) is 25.0 Å². The quantitative estimate of drug-likeness (QED) is 0.0528. The van der Waals surface area contributed by atoms with Crippen LogP contribution in [-0.2, 0) is 5.41 Å². The van der Waals surface area contributed by atoms with Crippen molar-refractivity contribution in [2.24, 2.45) is 0 Å². The van der Waals surface area contributed by atoms with Crippen LogP contribution in [0.15, 0.2) is 108 Å². The van der Waals surface area contributed by atoms with E-state index in [0.29, 0.717) is 10.9 Å². The summed E-state index contributed by atoms with van der Waals surface area (Å²) in [5.41, 5.74) is 8.56. The minimum Gasteiger partial charge on any atom is -0.504 e. The highest BCUT2D eigenvalue weighted by Crippen LogP contribution is 2.60. The predicted molar refractivity (Wildman–Crippen MR) is 215 cm³/mol. The van der Waals surface area contributed by atoms with E-state index in [1.165, 1.54) is 22.3 Å². The molecule has 266 valence electrons. The van der Waals surface area contributed by atoms with Gasteiger partial charge in [-0.15, -0.1) is 0 Å². The van der Waals surface area contributed by atoms with Gasteiger partial charge in [0, 0.05) is 27.1 Å². The second-order valence-electron chi connectivity index (χ2n) is 15.1. The zero-order chi connectivity index (χ0) is 37.8. The van der Waals surface area contributed by atoms with Crippen molar-refractivity contribution in [3.8, 4) is 73.6 Å². The van der Waals surface area contributed by atoms with Gasteiger partial charge in [0.15, 0.2) is 23.0 Å². The highest BCUT2D eigenvalue weighted by atomic mass is 16.4. The van der Waals surface area contributed by atoms with Crippen LogP contribution in [0.3, 0.4) is 0 Å². The van der Waals surface area contributed by atoms with E-state index in [-0.39, 0.29) is 16.4 Å². The lowest BCUT2D eigenvalue weighted by Gasteiger charge is -2.21. The van der Waals surface area contributed by atoms with Gasteiger partial charge in [0.05, 0.1) is 5.39 Å². The second-order valence-corrected chi connectivity index (χ2v) is 15.1. The third-order valence-electron chi connectivity index (χ3n) is 12.0. The average molecular weight is 723 g/mol. The third-order valence-corrected chi connectivity index (χ3v) is 12.0. The summed E-state index contributed by atoms with van der Waals surface area (Å²) in [5, 5.41) is 82.0. The first-order valence-electron chi connectivity index (χ1n) is 17.8. The van der Waals surface area contributed by atoms with Crippen molar-refractivity contribution < 1.29 is 40.2 Å². The molecule has 7 N–H and O–H groups in total. The lowest BCUT2D eigenvalue weighted by atomic mass is 9.82. The number of furan rings is 1. The molecule has 1 aromatic heterocycles. The molecule has 1 aliphatic rings. The topological polar surface area (TPSA) is 155 Å². The van der Waals surface area contributed by atoms with E-state index in [9.17, 15) is 35.7 Å². The summed E-state index contributed by atoms with van der Waals surface area (Å²) >= 11 is 0. The van der Waals surface area contributed by atoms with Gasteiger partial charge in [0.1, 0.15) is 11.2 Å². The molecule has 0 amide bonds. The fourth-order valence-electron chi connectivity index (χ4n) is 9.40. The van der Waals surface area contributed by atoms with Crippen molar-refractivity contribution in [2.75, 3.05) is 0 Å². The van der Waals surface area contributed by atoms with Crippen molar-refractivity contribution in [1.29, 1.82) is 0 Å². The van der Waals surface area contributed by atoms with Crippen molar-refractivity contribution in [2.45, 2.75) is 19.3 Å². The van der Waals surface area contributed by atoms with E-state index in [1.807, 2.05) is 36.4 Å². The molecule has 8 nitrogen and oxygen atoms in total. The number of rotatable bonds is 2. The number of fused-ring (bicyclic) bond motifs is 7. The molecule has 1 heterocycles. The van der Waals surface area contributed by atoms with Crippen LogP contribution < -0.4 is 0 Å². The van der Waals surface area contributed by atoms with Crippen LogP contribution in [0.25, 0.3) is 98.4 Å². The Kier molecular flexibility index (Phi) is 5.80. The Bertz CT molecular complexity index is 3360. The van der Waals surface area contributed by atoms with Crippen molar-refractivity contribution in [3.05, 3.63) is 114 Å². The monoisotopic (exact) mass is 722 g/mol. The number of phenolic OH excluding ortho intramolecular Hbond substituents is 7. The summed E-state index contributed by atoms with van der Waals surface area (Å²) in [6.45, 7) is 4.51. The third kappa shape index (κ3) is 3.75. The molecule has 0 aliphatic heterocycles. The van der Waals surface area contributed by atoms with Crippen LogP contribution in [-0.4, -0.2) is 35.7 Å². The molecule has 8 heteroatoms. The maximum atomic E-state index is 11.3. The SMILES string of the molecule is CC1(C)c2ccccc2-c2cc3c(cc21)oc1cccc(-c2ccc4ccc5c(-c6c(O)c(O)c(O)c7c(O)c(O)c(O)c(O)c67)ccc6ccc2c4c65)c13. The molecule has 0 fully saturated rings. The Morgan fingerprint density at radius 1 is 0.382 bits per heavy atom. The van der Waals surface area contributed by atoms with Crippen molar-refractivity contribution >= 4 is 65.0 Å². The van der Waals surface area contributed by atoms with Gasteiger partial charge in [-0.1, -0.05) is 98.8 Å². The Morgan fingerprint density at radius 2 is 0.964 bits per heavy atom. The molecule has 0 saturated heterocycles. The van der Waals surface area contributed by atoms with Crippen LogP contribution >= 0.6 is 0 Å². The second kappa shape index (κ2) is 10.2. The molecule has 0 bridgehead atoms. The van der Waals surface area contributed by atoms with Gasteiger partial charge in [0.2, 0.25) is 17.2 Å². The predicted octanol–water partition coefficient (Wildman–Crippen LogP) is 11.2. The molecule has 0 spiro atoms. The Balaban J connectivity index is 1.21. The molecule has 0 saturated carbocycles. The van der Waals surface area contributed by atoms with E-state index in [4.69, 9.17) is 4.42 Å². The minimum atomic E-state index is -1.09. The summed E-state index contributed by atoms with van der Waals surface area (Å²) < 4.78 is 6.59. The first-order valence-corrected chi connectivity index (χ1v) is 17.8. The highest BCUT2D eigenvalue weighted by Gasteiger charge is 2.36. The summed E-state index contributed by atoms with van der Waals surface area (Å²) in [4.78, 5) is 0. The molecular formula is C47H30O8. The van der Waals surface area contributed by atoms with Gasteiger partial charge < -0.3 is 40.2 Å². The summed E-state index contributed by atoms with van der Waals surface area (Å²) in [6.07, 6.45) is 0. The molecule has 55 heavy (non-hydrogen) atoms. The van der Waals surface area contributed by atoms with E-state index < -0.39 is 45.6 Å². The van der Waals surface area contributed by atoms with Gasteiger partial charge in [-0.05, 0) is 89.5 Å². The van der Waals surface area contributed by atoms with Crippen LogP contribution in [0.2, 0.25) is 0 Å². The zero-order valence-electron chi connectivity index (χ0n) is 29.4. The zero-order valence-corrected chi connectivity index (χ0v) is 29.4. The molecule has 10 aromatic rings. The Hall–Kier alpha value is -7.32. The summed E-state index contributed by atoms with van der Waals surface area (Å²) in [7, 11) is 0. The number of aromatic hydroxyl groups is 7. The molecular weight excluding hydrogens is 693 g/mol. The molecule has 0 atom stereocenters. The van der Waals surface area contributed by atoms with E-state index >= 15 is 0 Å². The number of hydrogen-bond acceptors (Lipinski definition) is 8. The van der Waals surface area contributed by atoms with E-state index in [2.05, 4.69) is 74.5 Å². The normalized spacial score (nSPS) is 13.6. The number of benzene rings is 9. The molecule has 0 radical (unpaired) electrons. The minimum absolute atomic E-state index is 0.154. The molecule has 1 aliphatic carbocycles. The largest absolute Gasteiger partial charge is 0.504 e. The smallest absolute Gasteiger partial charge is 0.205 e. The van der Waals surface area contributed by atoms with Crippen LogP contribution in [0.4, 0.5) is 0 Å². The van der Waals surface area contributed by atoms with E-state index in [0.717, 1.165) is 60.0 Å². The maximum Gasteiger partial charge on any atom is 0.205 e. The summed E-state index contributed by atoms with van der Waals surface area (Å²) in [5.74, 6) is -6.71. The molecule has 0 unspecified atom stereocenters. The molecule has 9 aromatic carbocycles. The number of phenols is 7. The standard InChI is InChI=1S/C47H30O8/c1-47(2)30-8-4-3-6-23(30)28-18-29-33(19-31(28)47)55-32-9-5-7-24(36(29)32)22-14-10-20-12-16-26-27(17-13-21-11-15-25(22)34(20)35(21)26)37-38-39(42(50)44(52)40(37)48)43(51)46(54)45(53)41(38)49/h3-19,48-54H,1-2H3. The lowest BCUT2D eigenvalue weighted by molar-refractivity contribution is 0.347. The fourth-order valence-corrected chi connectivity index (χ4v) is 9.40.